The number of nitrogens with one attached hydrogen (secondary N) is 1. The highest BCUT2D eigenvalue weighted by Crippen LogP contribution is 2.52. The van der Waals surface area contributed by atoms with Gasteiger partial charge in [0.2, 0.25) is 0 Å². The fraction of sp³-hybridized carbons (Fsp3) is 0.0800. The summed E-state index contributed by atoms with van der Waals surface area (Å²) < 4.78 is 2.44. The van der Waals surface area contributed by atoms with Crippen molar-refractivity contribution in [1.82, 2.24) is 4.57 Å². The van der Waals surface area contributed by atoms with Gasteiger partial charge in [-0.3, -0.25) is 4.99 Å². The number of nitrogens with two attached hydrogens (primary N) is 1. The first-order chi connectivity index (χ1) is 26.9. The highest BCUT2D eigenvalue weighted by atomic mass is 15.0. The molecule has 0 atom stereocenters. The number of anilines is 2. The van der Waals surface area contributed by atoms with Gasteiger partial charge in [-0.05, 0) is 64.2 Å². The molecule has 2 heterocycles. The second-order valence-electron chi connectivity index (χ2n) is 14.6. The third-order valence-corrected chi connectivity index (χ3v) is 10.8. The molecule has 0 fully saturated rings. The van der Waals surface area contributed by atoms with E-state index >= 15 is 0 Å². The van der Waals surface area contributed by atoms with Crippen LogP contribution in [0.5, 0.6) is 0 Å². The number of aromatic nitrogens is 1. The van der Waals surface area contributed by atoms with E-state index < -0.39 is 0 Å². The van der Waals surface area contributed by atoms with E-state index in [0.29, 0.717) is 18.2 Å². The summed E-state index contributed by atoms with van der Waals surface area (Å²) in [5.41, 5.74) is 20.8. The SMILES string of the molecule is C=Cc1cc2c3ccccc3n(-c3cccc(-c4cccc(C(N)=NC(=NCc5ccccc5)c5ccccc5)c4)c3)c2c2c1Nc1ccccc1C2(C)C. The van der Waals surface area contributed by atoms with Crippen LogP contribution in [0.25, 0.3) is 44.7 Å². The predicted molar refractivity (Wildman–Crippen MR) is 232 cm³/mol. The summed E-state index contributed by atoms with van der Waals surface area (Å²) in [7, 11) is 0. The van der Waals surface area contributed by atoms with Crippen molar-refractivity contribution in [3.63, 3.8) is 0 Å². The summed E-state index contributed by atoms with van der Waals surface area (Å²) in [5, 5.41) is 6.22. The Hall–Kier alpha value is -6.98. The Morgan fingerprint density at radius 3 is 2.18 bits per heavy atom. The fourth-order valence-electron chi connectivity index (χ4n) is 8.12. The molecule has 0 saturated carbocycles. The lowest BCUT2D eigenvalue weighted by atomic mass is 9.72. The Bertz CT molecular complexity index is 2810. The minimum Gasteiger partial charge on any atom is -0.383 e. The zero-order valence-corrected chi connectivity index (χ0v) is 31.0. The molecule has 0 saturated heterocycles. The molecule has 0 spiro atoms. The summed E-state index contributed by atoms with van der Waals surface area (Å²) in [5.74, 6) is 1.01. The Balaban J connectivity index is 1.16. The number of para-hydroxylation sites is 2. The van der Waals surface area contributed by atoms with Crippen LogP contribution in [-0.4, -0.2) is 16.2 Å². The van der Waals surface area contributed by atoms with Crippen LogP contribution < -0.4 is 11.1 Å². The van der Waals surface area contributed by atoms with E-state index in [0.717, 1.165) is 56.0 Å². The molecule has 8 aromatic rings. The van der Waals surface area contributed by atoms with E-state index in [2.05, 4.69) is 133 Å². The summed E-state index contributed by atoms with van der Waals surface area (Å²) in [6.45, 7) is 9.42. The number of hydrogen-bond donors (Lipinski definition) is 2. The zero-order valence-electron chi connectivity index (χ0n) is 31.0. The molecule has 5 heteroatoms. The molecular formula is C50H41N5. The topological polar surface area (TPSA) is 67.7 Å². The van der Waals surface area contributed by atoms with Gasteiger partial charge in [0, 0.05) is 44.3 Å². The van der Waals surface area contributed by atoms with E-state index in [9.17, 15) is 0 Å². The van der Waals surface area contributed by atoms with Gasteiger partial charge in [0.15, 0.2) is 5.84 Å². The normalized spacial score (nSPS) is 13.6. The molecule has 9 rings (SSSR count). The molecule has 0 unspecified atom stereocenters. The average Bonchev–Trinajstić information content (AvgIpc) is 3.56. The number of fused-ring (bicyclic) bond motifs is 6. The molecular weight excluding hydrogens is 671 g/mol. The van der Waals surface area contributed by atoms with Crippen LogP contribution in [0.4, 0.5) is 11.4 Å². The molecule has 1 aromatic heterocycles. The van der Waals surface area contributed by atoms with E-state index in [1.54, 1.807) is 0 Å². The second-order valence-corrected chi connectivity index (χ2v) is 14.6. The maximum absolute atomic E-state index is 6.78. The van der Waals surface area contributed by atoms with Gasteiger partial charge < -0.3 is 15.6 Å². The number of rotatable bonds is 7. The van der Waals surface area contributed by atoms with Crippen molar-refractivity contribution >= 4 is 50.9 Å². The van der Waals surface area contributed by atoms with Gasteiger partial charge in [0.25, 0.3) is 0 Å². The molecule has 266 valence electrons. The molecule has 0 aliphatic carbocycles. The zero-order chi connectivity index (χ0) is 37.5. The molecule has 0 amide bonds. The molecule has 7 aromatic carbocycles. The molecule has 3 N–H and O–H groups in total. The van der Waals surface area contributed by atoms with E-state index in [4.69, 9.17) is 15.7 Å². The molecule has 55 heavy (non-hydrogen) atoms. The lowest BCUT2D eigenvalue weighted by molar-refractivity contribution is 0.642. The summed E-state index contributed by atoms with van der Waals surface area (Å²) in [4.78, 5) is 9.81. The third kappa shape index (κ3) is 6.00. The number of benzene rings is 7. The largest absolute Gasteiger partial charge is 0.383 e. The van der Waals surface area contributed by atoms with Crippen molar-refractivity contribution in [3.8, 4) is 16.8 Å². The Morgan fingerprint density at radius 2 is 1.38 bits per heavy atom. The monoisotopic (exact) mass is 711 g/mol. The standard InChI is InChI=1S/C50H41N5/c1-4-34-31-41-40-25-11-14-28-44(40)55(47(41)45-46(34)53-43-27-13-12-26-42(43)50(45,2)3)39-24-16-22-37(30-39)36-21-15-23-38(29-36)48(51)54-49(35-19-9-6-10-20-35)52-32-33-17-7-5-8-18-33/h4-31,53H,1,32H2,2-3H3,(H2,51,52,54). The van der Waals surface area contributed by atoms with Gasteiger partial charge in [-0.15, -0.1) is 0 Å². The quantitative estimate of drug-likeness (QED) is 0.128. The van der Waals surface area contributed by atoms with Crippen molar-refractivity contribution in [2.45, 2.75) is 25.8 Å². The van der Waals surface area contributed by atoms with Gasteiger partial charge >= 0.3 is 0 Å². The van der Waals surface area contributed by atoms with Gasteiger partial charge in [0.05, 0.1) is 23.3 Å². The molecule has 0 bridgehead atoms. The van der Waals surface area contributed by atoms with Crippen molar-refractivity contribution in [2.24, 2.45) is 15.7 Å². The number of nitrogens with zero attached hydrogens (tertiary/aromatic N) is 3. The van der Waals surface area contributed by atoms with E-state index in [-0.39, 0.29) is 5.41 Å². The highest BCUT2D eigenvalue weighted by molar-refractivity contribution is 6.14. The second kappa shape index (κ2) is 13.8. The first kappa shape index (κ1) is 33.8. The van der Waals surface area contributed by atoms with Crippen LogP contribution in [0.1, 0.15) is 47.2 Å². The van der Waals surface area contributed by atoms with Crippen LogP contribution >= 0.6 is 0 Å². The van der Waals surface area contributed by atoms with E-state index in [1.165, 1.54) is 27.4 Å². The van der Waals surface area contributed by atoms with Gasteiger partial charge in [0.1, 0.15) is 5.84 Å². The summed E-state index contributed by atoms with van der Waals surface area (Å²) >= 11 is 0. The van der Waals surface area contributed by atoms with Gasteiger partial charge in [-0.25, -0.2) is 4.99 Å². The molecule has 1 aliphatic heterocycles. The summed E-state index contributed by atoms with van der Waals surface area (Å²) in [6, 6.07) is 56.9. The van der Waals surface area contributed by atoms with Gasteiger partial charge in [-0.2, -0.15) is 0 Å². The fourth-order valence-corrected chi connectivity index (χ4v) is 8.12. The van der Waals surface area contributed by atoms with Crippen LogP contribution in [-0.2, 0) is 12.0 Å². The van der Waals surface area contributed by atoms with Crippen molar-refractivity contribution in [2.75, 3.05) is 5.32 Å². The van der Waals surface area contributed by atoms with Crippen molar-refractivity contribution in [1.29, 1.82) is 0 Å². The Kier molecular flexibility index (Phi) is 8.47. The van der Waals surface area contributed by atoms with Crippen molar-refractivity contribution in [3.05, 3.63) is 204 Å². The maximum atomic E-state index is 6.78. The van der Waals surface area contributed by atoms with Crippen molar-refractivity contribution < 1.29 is 0 Å². The maximum Gasteiger partial charge on any atom is 0.157 e. The van der Waals surface area contributed by atoms with Crippen LogP contribution in [0.3, 0.4) is 0 Å². The number of hydrogen-bond acceptors (Lipinski definition) is 2. The first-order valence-corrected chi connectivity index (χ1v) is 18.7. The summed E-state index contributed by atoms with van der Waals surface area (Å²) in [6.07, 6.45) is 1.97. The van der Waals surface area contributed by atoms with Crippen LogP contribution in [0.2, 0.25) is 0 Å². The van der Waals surface area contributed by atoms with Crippen LogP contribution in [0.15, 0.2) is 180 Å². The Labute approximate surface area is 321 Å². The highest BCUT2D eigenvalue weighted by Gasteiger charge is 2.37. The Morgan fingerprint density at radius 1 is 0.709 bits per heavy atom. The van der Waals surface area contributed by atoms with Gasteiger partial charge in [-0.1, -0.05) is 154 Å². The predicted octanol–water partition coefficient (Wildman–Crippen LogP) is 11.8. The number of aliphatic imine (C=N–C) groups is 2. The lowest BCUT2D eigenvalue weighted by Crippen LogP contribution is -2.27. The molecule has 0 radical (unpaired) electrons. The minimum absolute atomic E-state index is 0.285. The molecule has 5 nitrogen and oxygen atoms in total. The first-order valence-electron chi connectivity index (χ1n) is 18.7. The van der Waals surface area contributed by atoms with E-state index in [1.807, 2.05) is 66.7 Å². The lowest BCUT2D eigenvalue weighted by Gasteiger charge is -2.37. The smallest absolute Gasteiger partial charge is 0.157 e. The third-order valence-electron chi connectivity index (χ3n) is 10.8. The van der Waals surface area contributed by atoms with Crippen LogP contribution in [0, 0.1) is 0 Å². The average molecular weight is 712 g/mol. The molecule has 1 aliphatic rings. The minimum atomic E-state index is -0.285. The number of amidine groups is 2.